The van der Waals surface area contributed by atoms with Gasteiger partial charge in [0.15, 0.2) is 0 Å². The van der Waals surface area contributed by atoms with Gasteiger partial charge in [-0.1, -0.05) is 24.3 Å². The van der Waals surface area contributed by atoms with Crippen LogP contribution in [0.25, 0.3) is 10.9 Å². The van der Waals surface area contributed by atoms with E-state index in [9.17, 15) is 9.59 Å². The van der Waals surface area contributed by atoms with E-state index in [4.69, 9.17) is 0 Å². The fourth-order valence-corrected chi connectivity index (χ4v) is 2.10. The number of hydrogen-bond donors (Lipinski definition) is 2. The highest BCUT2D eigenvalue weighted by atomic mass is 16.2. The summed E-state index contributed by atoms with van der Waals surface area (Å²) < 4.78 is 0. The summed E-state index contributed by atoms with van der Waals surface area (Å²) in [5.41, 5.74) is 2.08. The summed E-state index contributed by atoms with van der Waals surface area (Å²) in [7, 11) is 0. The van der Waals surface area contributed by atoms with Gasteiger partial charge < -0.3 is 10.6 Å². The molecule has 2 aromatic heterocycles. The second-order valence-electron chi connectivity index (χ2n) is 5.01. The van der Waals surface area contributed by atoms with Crippen LogP contribution < -0.4 is 10.6 Å². The molecule has 2 heterocycles. The lowest BCUT2D eigenvalue weighted by molar-refractivity contribution is -0.133. The van der Waals surface area contributed by atoms with Crippen LogP contribution in [0.5, 0.6) is 0 Å². The fourth-order valence-electron chi connectivity index (χ4n) is 2.10. The molecule has 1 aromatic carbocycles. The van der Waals surface area contributed by atoms with Crippen LogP contribution in [0.2, 0.25) is 0 Å². The largest absolute Gasteiger partial charge is 0.316 e. The zero-order valence-electron chi connectivity index (χ0n) is 12.4. The van der Waals surface area contributed by atoms with Crippen molar-refractivity contribution in [2.45, 2.75) is 6.92 Å². The number of nitrogens with zero attached hydrogens (tertiary/aromatic N) is 2. The van der Waals surface area contributed by atoms with Crippen molar-refractivity contribution in [2.75, 3.05) is 10.6 Å². The lowest BCUT2D eigenvalue weighted by Crippen LogP contribution is -2.29. The van der Waals surface area contributed by atoms with Gasteiger partial charge in [-0.25, -0.2) is 4.98 Å². The van der Waals surface area contributed by atoms with Crippen LogP contribution in [-0.2, 0) is 9.59 Å². The Bertz CT molecular complexity index is 870. The van der Waals surface area contributed by atoms with E-state index in [2.05, 4.69) is 20.6 Å². The Morgan fingerprint density at radius 1 is 0.913 bits per heavy atom. The quantitative estimate of drug-likeness (QED) is 0.713. The number of anilines is 2. The van der Waals surface area contributed by atoms with Crippen LogP contribution in [0.15, 0.2) is 54.9 Å². The van der Waals surface area contributed by atoms with Crippen molar-refractivity contribution in [3.63, 3.8) is 0 Å². The third-order valence-corrected chi connectivity index (χ3v) is 3.24. The van der Waals surface area contributed by atoms with Crippen LogP contribution in [0.1, 0.15) is 5.56 Å². The van der Waals surface area contributed by atoms with Crippen LogP contribution in [0.3, 0.4) is 0 Å². The van der Waals surface area contributed by atoms with Crippen molar-refractivity contribution >= 4 is 34.2 Å². The molecule has 0 saturated carbocycles. The lowest BCUT2D eigenvalue weighted by Gasteiger charge is -2.08. The van der Waals surface area contributed by atoms with E-state index >= 15 is 0 Å². The molecule has 23 heavy (non-hydrogen) atoms. The van der Waals surface area contributed by atoms with Gasteiger partial charge in [-0.15, -0.1) is 0 Å². The second kappa shape index (κ2) is 6.23. The molecule has 0 spiro atoms. The van der Waals surface area contributed by atoms with Gasteiger partial charge in [0.05, 0.1) is 11.2 Å². The van der Waals surface area contributed by atoms with E-state index in [1.807, 2.05) is 25.1 Å². The minimum absolute atomic E-state index is 0.326. The maximum atomic E-state index is 12.0. The first-order chi connectivity index (χ1) is 11.1. The molecule has 0 bridgehead atoms. The van der Waals surface area contributed by atoms with Gasteiger partial charge in [0.1, 0.15) is 5.82 Å². The minimum atomic E-state index is -0.783. The molecule has 0 aliphatic carbocycles. The summed E-state index contributed by atoms with van der Waals surface area (Å²) in [5.74, 6) is -1.23. The molecule has 6 heteroatoms. The van der Waals surface area contributed by atoms with Crippen molar-refractivity contribution in [3.05, 3.63) is 60.4 Å². The van der Waals surface area contributed by atoms with Crippen molar-refractivity contribution in [1.82, 2.24) is 9.97 Å². The van der Waals surface area contributed by atoms with Gasteiger partial charge in [0.2, 0.25) is 0 Å². The van der Waals surface area contributed by atoms with Gasteiger partial charge in [0.25, 0.3) is 0 Å². The van der Waals surface area contributed by atoms with Gasteiger partial charge >= 0.3 is 11.8 Å². The Morgan fingerprint density at radius 3 is 2.48 bits per heavy atom. The third-order valence-electron chi connectivity index (χ3n) is 3.24. The molecule has 0 unspecified atom stereocenters. The number of benzene rings is 1. The number of amides is 2. The van der Waals surface area contributed by atoms with Crippen LogP contribution >= 0.6 is 0 Å². The maximum Gasteiger partial charge on any atom is 0.315 e. The van der Waals surface area contributed by atoms with Gasteiger partial charge in [-0.3, -0.25) is 14.6 Å². The predicted octanol–water partition coefficient (Wildman–Crippen LogP) is 2.52. The fraction of sp³-hybridized carbons (Fsp3) is 0.0588. The molecule has 0 aliphatic rings. The molecule has 3 aromatic rings. The first kappa shape index (κ1) is 14.6. The monoisotopic (exact) mass is 306 g/mol. The zero-order valence-corrected chi connectivity index (χ0v) is 12.4. The molecule has 2 N–H and O–H groups in total. The molecule has 3 rings (SSSR count). The highest BCUT2D eigenvalue weighted by Gasteiger charge is 2.15. The van der Waals surface area contributed by atoms with Gasteiger partial charge in [0, 0.05) is 17.8 Å². The molecule has 0 atom stereocenters. The predicted molar refractivity (Wildman–Crippen MR) is 88.0 cm³/mol. The number of carbonyl (C=O) groups excluding carboxylic acids is 2. The first-order valence-corrected chi connectivity index (χ1v) is 7.02. The summed E-state index contributed by atoms with van der Waals surface area (Å²) in [4.78, 5) is 32.3. The van der Waals surface area contributed by atoms with E-state index in [0.29, 0.717) is 17.0 Å². The average molecular weight is 306 g/mol. The summed E-state index contributed by atoms with van der Waals surface area (Å²) >= 11 is 0. The number of nitrogens with one attached hydrogen (secondary N) is 2. The van der Waals surface area contributed by atoms with Gasteiger partial charge in [-0.2, -0.15) is 0 Å². The molecular formula is C17H14N4O2. The van der Waals surface area contributed by atoms with E-state index in [-0.39, 0.29) is 0 Å². The van der Waals surface area contributed by atoms with E-state index in [1.165, 1.54) is 0 Å². The van der Waals surface area contributed by atoms with Gasteiger partial charge in [-0.05, 0) is 30.7 Å². The topological polar surface area (TPSA) is 84.0 Å². The molecule has 0 saturated heterocycles. The van der Waals surface area contributed by atoms with Crippen molar-refractivity contribution < 1.29 is 9.59 Å². The standard InChI is InChI=1S/C17H14N4O2/c1-11-7-8-14(19-10-11)21-17(23)16(22)20-13-6-2-4-12-5-3-9-18-15(12)13/h2-10H,1H3,(H,20,22)(H,19,21,23). The van der Waals surface area contributed by atoms with E-state index < -0.39 is 11.8 Å². The summed E-state index contributed by atoms with van der Waals surface area (Å²) in [6.07, 6.45) is 3.25. The Labute approximate surface area is 132 Å². The number of pyridine rings is 2. The number of hydrogen-bond acceptors (Lipinski definition) is 4. The Balaban J connectivity index is 1.75. The molecule has 0 radical (unpaired) electrons. The Kier molecular flexibility index (Phi) is 3.97. The van der Waals surface area contributed by atoms with Crippen molar-refractivity contribution in [2.24, 2.45) is 0 Å². The number of para-hydroxylation sites is 1. The van der Waals surface area contributed by atoms with E-state index in [0.717, 1.165) is 10.9 Å². The molecule has 6 nitrogen and oxygen atoms in total. The number of carbonyl (C=O) groups is 2. The number of rotatable bonds is 2. The molecule has 2 amide bonds. The molecule has 0 fully saturated rings. The van der Waals surface area contributed by atoms with Crippen LogP contribution in [0.4, 0.5) is 11.5 Å². The Morgan fingerprint density at radius 2 is 1.70 bits per heavy atom. The van der Waals surface area contributed by atoms with E-state index in [1.54, 1.807) is 36.7 Å². The van der Waals surface area contributed by atoms with Crippen LogP contribution in [-0.4, -0.2) is 21.8 Å². The molecule has 114 valence electrons. The number of aryl methyl sites for hydroxylation is 1. The average Bonchev–Trinajstić information content (AvgIpc) is 2.57. The summed E-state index contributed by atoms with van der Waals surface area (Å²) in [5, 5.41) is 5.91. The smallest absolute Gasteiger partial charge is 0.315 e. The van der Waals surface area contributed by atoms with Crippen molar-refractivity contribution in [3.8, 4) is 0 Å². The number of aromatic nitrogens is 2. The summed E-state index contributed by atoms with van der Waals surface area (Å²) in [6.45, 7) is 1.89. The van der Waals surface area contributed by atoms with Crippen LogP contribution in [0, 0.1) is 6.92 Å². The maximum absolute atomic E-state index is 12.0. The summed E-state index contributed by atoms with van der Waals surface area (Å²) in [6, 6.07) is 12.5. The second-order valence-corrected chi connectivity index (χ2v) is 5.01. The first-order valence-electron chi connectivity index (χ1n) is 7.02. The highest BCUT2D eigenvalue weighted by molar-refractivity contribution is 6.44. The third kappa shape index (κ3) is 3.32. The normalized spacial score (nSPS) is 10.3. The van der Waals surface area contributed by atoms with Crippen molar-refractivity contribution in [1.29, 1.82) is 0 Å². The SMILES string of the molecule is Cc1ccc(NC(=O)C(=O)Nc2cccc3cccnc23)nc1. The lowest BCUT2D eigenvalue weighted by atomic mass is 10.2. The molecule has 0 aliphatic heterocycles. The molecular weight excluding hydrogens is 292 g/mol. The number of fused-ring (bicyclic) bond motifs is 1. The zero-order chi connectivity index (χ0) is 16.2. The minimum Gasteiger partial charge on any atom is -0.316 e. The highest BCUT2D eigenvalue weighted by Crippen LogP contribution is 2.20. The Hall–Kier alpha value is -3.28.